The zero-order valence-electron chi connectivity index (χ0n) is 6.26. The molecule has 58 valence electrons. The van der Waals surface area contributed by atoms with Crippen LogP contribution in [0.15, 0.2) is 23.4 Å². The van der Waals surface area contributed by atoms with Gasteiger partial charge in [-0.15, -0.1) is 0 Å². The summed E-state index contributed by atoms with van der Waals surface area (Å²) in [5.41, 5.74) is 1.81. The highest BCUT2D eigenvalue weighted by atomic mass is 127. The predicted molar refractivity (Wildman–Crippen MR) is 53.3 cm³/mol. The Balaban J connectivity index is 2.98. The van der Waals surface area contributed by atoms with Crippen molar-refractivity contribution in [2.24, 2.45) is 0 Å². The fourth-order valence-corrected chi connectivity index (χ4v) is 1.80. The summed E-state index contributed by atoms with van der Waals surface area (Å²) in [5.74, 6) is 0. The van der Waals surface area contributed by atoms with Gasteiger partial charge in [0.05, 0.1) is 15.6 Å². The number of nitriles is 1. The second-order valence-corrected chi connectivity index (χ2v) is 3.80. The zero-order chi connectivity index (χ0) is 8.27. The van der Waals surface area contributed by atoms with Crippen molar-refractivity contribution >= 4 is 22.6 Å². The zero-order valence-corrected chi connectivity index (χ0v) is 8.42. The molecule has 0 fully saturated rings. The number of nitrogens with zero attached hydrogens (tertiary/aromatic N) is 1. The highest BCUT2D eigenvalue weighted by Crippen LogP contribution is 2.23. The minimum atomic E-state index is 0.338. The number of allylic oxidation sites excluding steroid dienone is 3. The van der Waals surface area contributed by atoms with Crippen LogP contribution in [-0.2, 0) is 0 Å². The molecular formula is C8H9IN2. The van der Waals surface area contributed by atoms with Crippen LogP contribution >= 0.6 is 22.6 Å². The first-order chi connectivity index (χ1) is 5.29. The molecule has 1 rings (SSSR count). The van der Waals surface area contributed by atoms with E-state index < -0.39 is 0 Å². The van der Waals surface area contributed by atoms with Crippen molar-refractivity contribution in [1.82, 2.24) is 5.32 Å². The molecule has 11 heavy (non-hydrogen) atoms. The Hall–Kier alpha value is -0.500. The molecule has 0 saturated carbocycles. The quantitative estimate of drug-likeness (QED) is 0.576. The van der Waals surface area contributed by atoms with Crippen LogP contribution in [0.3, 0.4) is 0 Å². The average Bonchev–Trinajstić information content (AvgIpc) is 2.04. The van der Waals surface area contributed by atoms with Crippen molar-refractivity contribution in [2.75, 3.05) is 7.05 Å². The van der Waals surface area contributed by atoms with Gasteiger partial charge in [-0.2, -0.15) is 5.26 Å². The van der Waals surface area contributed by atoms with Crippen molar-refractivity contribution in [3.8, 4) is 6.07 Å². The minimum Gasteiger partial charge on any atom is -0.387 e. The van der Waals surface area contributed by atoms with Crippen molar-refractivity contribution in [3.05, 3.63) is 23.4 Å². The van der Waals surface area contributed by atoms with E-state index in [4.69, 9.17) is 5.26 Å². The SMILES string of the molecule is CNC1=C(C#N)C(I)CC=C1. The lowest BCUT2D eigenvalue weighted by atomic mass is 10.0. The normalized spacial score (nSPS) is 23.2. The molecule has 2 nitrogen and oxygen atoms in total. The van der Waals surface area contributed by atoms with Crippen LogP contribution in [0, 0.1) is 11.3 Å². The summed E-state index contributed by atoms with van der Waals surface area (Å²) in [7, 11) is 1.84. The lowest BCUT2D eigenvalue weighted by molar-refractivity contribution is 0.937. The molecule has 3 heteroatoms. The molecule has 0 radical (unpaired) electrons. The predicted octanol–water partition coefficient (Wildman–Crippen LogP) is 1.75. The highest BCUT2D eigenvalue weighted by Gasteiger charge is 2.15. The molecule has 1 N–H and O–H groups in total. The lowest BCUT2D eigenvalue weighted by Gasteiger charge is -2.14. The topological polar surface area (TPSA) is 35.8 Å². The van der Waals surface area contributed by atoms with Gasteiger partial charge in [0.1, 0.15) is 0 Å². The Kier molecular flexibility index (Phi) is 2.94. The number of likely N-dealkylation sites (N-methyl/N-ethyl adjacent to an activating group) is 1. The number of nitrogens with one attached hydrogen (secondary N) is 1. The third-order valence-corrected chi connectivity index (χ3v) is 2.75. The molecule has 1 unspecified atom stereocenters. The minimum absolute atomic E-state index is 0.338. The smallest absolute Gasteiger partial charge is 0.0980 e. The summed E-state index contributed by atoms with van der Waals surface area (Å²) in [4.78, 5) is 0. The van der Waals surface area contributed by atoms with Gasteiger partial charge in [0.2, 0.25) is 0 Å². The Morgan fingerprint density at radius 3 is 3.00 bits per heavy atom. The summed E-state index contributed by atoms with van der Waals surface area (Å²) in [6, 6.07) is 2.21. The van der Waals surface area contributed by atoms with Crippen LogP contribution in [0.5, 0.6) is 0 Å². The number of alkyl halides is 1. The van der Waals surface area contributed by atoms with Crippen LogP contribution in [0.2, 0.25) is 0 Å². The van der Waals surface area contributed by atoms with Gasteiger partial charge < -0.3 is 5.32 Å². The van der Waals surface area contributed by atoms with E-state index in [0.29, 0.717) is 3.92 Å². The molecule has 0 amide bonds. The highest BCUT2D eigenvalue weighted by molar-refractivity contribution is 14.1. The van der Waals surface area contributed by atoms with Crippen LogP contribution < -0.4 is 5.32 Å². The van der Waals surface area contributed by atoms with E-state index in [9.17, 15) is 0 Å². The average molecular weight is 260 g/mol. The van der Waals surface area contributed by atoms with Crippen LogP contribution in [0.1, 0.15) is 6.42 Å². The summed E-state index contributed by atoms with van der Waals surface area (Å²) in [6.45, 7) is 0. The monoisotopic (exact) mass is 260 g/mol. The number of rotatable bonds is 1. The molecule has 0 spiro atoms. The van der Waals surface area contributed by atoms with E-state index in [1.165, 1.54) is 0 Å². The van der Waals surface area contributed by atoms with E-state index in [-0.39, 0.29) is 0 Å². The third-order valence-electron chi connectivity index (χ3n) is 1.62. The first kappa shape index (κ1) is 8.60. The molecule has 0 saturated heterocycles. The maximum absolute atomic E-state index is 8.78. The maximum atomic E-state index is 8.78. The Labute approximate surface area is 80.1 Å². The molecule has 1 aliphatic carbocycles. The van der Waals surface area contributed by atoms with E-state index >= 15 is 0 Å². The Morgan fingerprint density at radius 2 is 2.55 bits per heavy atom. The molecule has 0 aromatic heterocycles. The number of hydrogen-bond donors (Lipinski definition) is 1. The Morgan fingerprint density at radius 1 is 1.82 bits per heavy atom. The third kappa shape index (κ3) is 1.74. The summed E-state index contributed by atoms with van der Waals surface area (Å²) in [6.07, 6.45) is 5.02. The van der Waals surface area contributed by atoms with Gasteiger partial charge in [-0.3, -0.25) is 0 Å². The van der Waals surface area contributed by atoms with E-state index in [1.54, 1.807) is 0 Å². The van der Waals surface area contributed by atoms with Gasteiger partial charge in [0.25, 0.3) is 0 Å². The van der Waals surface area contributed by atoms with E-state index in [2.05, 4.69) is 40.1 Å². The van der Waals surface area contributed by atoms with Gasteiger partial charge in [-0.1, -0.05) is 28.7 Å². The maximum Gasteiger partial charge on any atom is 0.0980 e. The number of halogens is 1. The fraction of sp³-hybridized carbons (Fsp3) is 0.375. The van der Waals surface area contributed by atoms with Crippen molar-refractivity contribution < 1.29 is 0 Å². The Bertz CT molecular complexity index is 247. The molecular weight excluding hydrogens is 251 g/mol. The summed E-state index contributed by atoms with van der Waals surface area (Å²) < 4.78 is 0.338. The van der Waals surface area contributed by atoms with Crippen molar-refractivity contribution in [3.63, 3.8) is 0 Å². The van der Waals surface area contributed by atoms with Crippen LogP contribution in [0.4, 0.5) is 0 Å². The van der Waals surface area contributed by atoms with Gasteiger partial charge in [-0.25, -0.2) is 0 Å². The van der Waals surface area contributed by atoms with Gasteiger partial charge >= 0.3 is 0 Å². The molecule has 0 aromatic carbocycles. The molecule has 1 aliphatic rings. The summed E-state index contributed by atoms with van der Waals surface area (Å²) >= 11 is 2.29. The largest absolute Gasteiger partial charge is 0.387 e. The first-order valence-corrected chi connectivity index (χ1v) is 4.66. The lowest BCUT2D eigenvalue weighted by Crippen LogP contribution is -2.15. The van der Waals surface area contributed by atoms with Crippen LogP contribution in [-0.4, -0.2) is 11.0 Å². The van der Waals surface area contributed by atoms with E-state index in [1.807, 2.05) is 13.1 Å². The molecule has 1 atom stereocenters. The van der Waals surface area contributed by atoms with Gasteiger partial charge in [0, 0.05) is 12.7 Å². The van der Waals surface area contributed by atoms with Crippen molar-refractivity contribution in [2.45, 2.75) is 10.3 Å². The second-order valence-electron chi connectivity index (χ2n) is 2.29. The molecule has 0 aromatic rings. The summed E-state index contributed by atoms with van der Waals surface area (Å²) in [5, 5.41) is 11.8. The van der Waals surface area contributed by atoms with Crippen molar-refractivity contribution in [1.29, 1.82) is 5.26 Å². The van der Waals surface area contributed by atoms with Crippen LogP contribution in [0.25, 0.3) is 0 Å². The molecule has 0 heterocycles. The molecule has 0 aliphatic heterocycles. The van der Waals surface area contributed by atoms with E-state index in [0.717, 1.165) is 17.7 Å². The molecule has 0 bridgehead atoms. The van der Waals surface area contributed by atoms with Gasteiger partial charge in [-0.05, 0) is 12.5 Å². The number of hydrogen-bond acceptors (Lipinski definition) is 2. The van der Waals surface area contributed by atoms with Gasteiger partial charge in [0.15, 0.2) is 0 Å². The second kappa shape index (κ2) is 3.77. The first-order valence-electron chi connectivity index (χ1n) is 3.42. The fourth-order valence-electron chi connectivity index (χ4n) is 1.03. The standard InChI is InChI=1S/C8H9IN2/c1-11-8-4-2-3-7(9)6(8)5-10/h2,4,7,11H,3H2,1H3.